The van der Waals surface area contributed by atoms with Gasteiger partial charge in [0.15, 0.2) is 0 Å². The van der Waals surface area contributed by atoms with Crippen molar-refractivity contribution >= 4 is 29.7 Å². The second-order valence-corrected chi connectivity index (χ2v) is 10.8. The number of allylic oxidation sites excluding steroid dienone is 2. The van der Waals surface area contributed by atoms with Crippen molar-refractivity contribution in [2.24, 2.45) is 11.8 Å². The van der Waals surface area contributed by atoms with Crippen molar-refractivity contribution < 1.29 is 33.3 Å². The first-order valence-electron chi connectivity index (χ1n) is 13.8. The second-order valence-electron chi connectivity index (χ2n) is 10.8. The van der Waals surface area contributed by atoms with Crippen LogP contribution in [0.3, 0.4) is 0 Å². The van der Waals surface area contributed by atoms with Crippen LogP contribution < -0.4 is 9.47 Å². The zero-order valence-corrected chi connectivity index (χ0v) is 22.7. The molecule has 0 unspecified atom stereocenters. The molecule has 4 aliphatic heterocycles. The average Bonchev–Trinajstić information content (AvgIpc) is 3.62. The van der Waals surface area contributed by atoms with Crippen molar-refractivity contribution in [2.75, 3.05) is 26.3 Å². The Morgan fingerprint density at radius 3 is 1.62 bits per heavy atom. The largest absolute Gasteiger partial charge is 0.526 e. The van der Waals surface area contributed by atoms with E-state index in [0.717, 1.165) is 59.4 Å². The standard InChI is InChI=1S/C31H32N2O7/c1-19-9-11-25(21-5-3-7-27-23(21)13-15-37-27)32(17-19)29(34)39-31(36)40-30(35)33-18-20(2)10-12-26(33)22-6-4-8-28-24(22)14-16-38-28/h3-8,11-12,19-20H,9-10,13-18H2,1-2H3/t19-,20-/m0/s1. The smallest absolute Gasteiger partial charge is 0.493 e. The second kappa shape index (κ2) is 10.7. The Bertz CT molecular complexity index is 1320. The van der Waals surface area contributed by atoms with Gasteiger partial charge >= 0.3 is 18.3 Å². The van der Waals surface area contributed by atoms with E-state index in [9.17, 15) is 14.4 Å². The highest BCUT2D eigenvalue weighted by molar-refractivity contribution is 5.94. The molecule has 2 aromatic carbocycles. The molecule has 0 fully saturated rings. The Hall–Kier alpha value is -4.27. The number of nitrogens with zero attached hydrogens (tertiary/aromatic N) is 2. The minimum atomic E-state index is -1.35. The molecule has 0 aromatic heterocycles. The zero-order valence-electron chi connectivity index (χ0n) is 22.7. The highest BCUT2D eigenvalue weighted by Gasteiger charge is 2.34. The summed E-state index contributed by atoms with van der Waals surface area (Å²) in [5.41, 5.74) is 5.13. The zero-order chi connectivity index (χ0) is 27.8. The van der Waals surface area contributed by atoms with E-state index < -0.39 is 18.3 Å². The van der Waals surface area contributed by atoms with E-state index in [1.54, 1.807) is 0 Å². The Labute approximate surface area is 232 Å². The molecule has 208 valence electrons. The van der Waals surface area contributed by atoms with Crippen molar-refractivity contribution in [1.82, 2.24) is 9.80 Å². The average molecular weight is 545 g/mol. The lowest BCUT2D eigenvalue weighted by Crippen LogP contribution is -2.40. The van der Waals surface area contributed by atoms with Crippen LogP contribution in [0.1, 0.15) is 48.9 Å². The molecule has 2 aromatic rings. The molecule has 0 saturated heterocycles. The number of hydrogen-bond donors (Lipinski definition) is 0. The molecule has 0 radical (unpaired) electrons. The Balaban J connectivity index is 1.17. The normalized spacial score (nSPS) is 21.4. The lowest BCUT2D eigenvalue weighted by molar-refractivity contribution is 0.0718. The predicted molar refractivity (Wildman–Crippen MR) is 147 cm³/mol. The van der Waals surface area contributed by atoms with Crippen molar-refractivity contribution in [3.8, 4) is 11.5 Å². The van der Waals surface area contributed by atoms with E-state index >= 15 is 0 Å². The van der Waals surface area contributed by atoms with E-state index in [-0.39, 0.29) is 11.8 Å². The first-order valence-corrected chi connectivity index (χ1v) is 13.8. The van der Waals surface area contributed by atoms with E-state index in [1.165, 1.54) is 9.80 Å². The lowest BCUT2D eigenvalue weighted by atomic mass is 9.95. The molecule has 9 nitrogen and oxygen atoms in total. The summed E-state index contributed by atoms with van der Waals surface area (Å²) in [5, 5.41) is 0. The molecule has 0 saturated carbocycles. The van der Waals surface area contributed by atoms with Gasteiger partial charge in [0.1, 0.15) is 11.5 Å². The summed E-state index contributed by atoms with van der Waals surface area (Å²) >= 11 is 0. The summed E-state index contributed by atoms with van der Waals surface area (Å²) in [7, 11) is 0. The van der Waals surface area contributed by atoms with Crippen molar-refractivity contribution in [1.29, 1.82) is 0 Å². The number of hydrogen-bond acceptors (Lipinski definition) is 7. The summed E-state index contributed by atoms with van der Waals surface area (Å²) in [6, 6.07) is 11.5. The maximum atomic E-state index is 13.2. The van der Waals surface area contributed by atoms with E-state index in [1.807, 2.05) is 62.4 Å². The van der Waals surface area contributed by atoms with Crippen LogP contribution in [-0.4, -0.2) is 54.4 Å². The van der Waals surface area contributed by atoms with E-state index in [0.29, 0.717) is 37.7 Å². The summed E-state index contributed by atoms with van der Waals surface area (Å²) in [6.07, 6.45) is 3.88. The van der Waals surface area contributed by atoms with Crippen LogP contribution >= 0.6 is 0 Å². The summed E-state index contributed by atoms with van der Waals surface area (Å²) in [6.45, 7) is 5.94. The summed E-state index contributed by atoms with van der Waals surface area (Å²) < 4.78 is 21.6. The van der Waals surface area contributed by atoms with Gasteiger partial charge in [-0.25, -0.2) is 14.4 Å². The van der Waals surface area contributed by atoms with Crippen LogP contribution in [0, 0.1) is 11.8 Å². The van der Waals surface area contributed by atoms with E-state index in [2.05, 4.69) is 0 Å². The molecule has 6 rings (SSSR count). The highest BCUT2D eigenvalue weighted by Crippen LogP contribution is 2.38. The van der Waals surface area contributed by atoms with Crippen molar-refractivity contribution in [3.05, 3.63) is 70.8 Å². The highest BCUT2D eigenvalue weighted by atomic mass is 16.8. The third kappa shape index (κ3) is 4.92. The third-order valence-electron chi connectivity index (χ3n) is 7.82. The monoisotopic (exact) mass is 544 g/mol. The summed E-state index contributed by atoms with van der Waals surface area (Å²) in [5.74, 6) is 1.93. The van der Waals surface area contributed by atoms with E-state index in [4.69, 9.17) is 18.9 Å². The van der Waals surface area contributed by atoms with Gasteiger partial charge in [-0.05, 0) is 36.8 Å². The van der Waals surface area contributed by atoms with Gasteiger partial charge in [0, 0.05) is 48.2 Å². The summed E-state index contributed by atoms with van der Waals surface area (Å²) in [4.78, 5) is 42.1. The molecular weight excluding hydrogens is 512 g/mol. The third-order valence-corrected chi connectivity index (χ3v) is 7.82. The Morgan fingerprint density at radius 2 is 1.18 bits per heavy atom. The first kappa shape index (κ1) is 26.0. The van der Waals surface area contributed by atoms with Crippen LogP contribution in [0.4, 0.5) is 14.4 Å². The van der Waals surface area contributed by atoms with Gasteiger partial charge in [0.25, 0.3) is 0 Å². The first-order chi connectivity index (χ1) is 19.4. The number of fused-ring (bicyclic) bond motifs is 2. The van der Waals surface area contributed by atoms with Gasteiger partial charge in [0.2, 0.25) is 0 Å². The van der Waals surface area contributed by atoms with Gasteiger partial charge in [0.05, 0.1) is 24.6 Å². The quantitative estimate of drug-likeness (QED) is 0.337. The molecule has 0 bridgehead atoms. The van der Waals surface area contributed by atoms with Gasteiger partial charge in [-0.1, -0.05) is 50.3 Å². The number of ether oxygens (including phenoxy) is 4. The molecule has 0 spiro atoms. The SMILES string of the molecule is C[C@H]1CC=C(c2cccc3c2CCO3)N(C(=O)OC(=O)OC(=O)N2C[C@@H](C)CC=C2c2cccc3c2CCO3)C1. The van der Waals surface area contributed by atoms with Gasteiger partial charge in [-0.3, -0.25) is 9.80 Å². The fourth-order valence-corrected chi connectivity index (χ4v) is 5.87. The lowest BCUT2D eigenvalue weighted by Gasteiger charge is -2.32. The van der Waals surface area contributed by atoms with Gasteiger partial charge in [-0.2, -0.15) is 0 Å². The van der Waals surface area contributed by atoms with Crippen LogP contribution in [0.5, 0.6) is 11.5 Å². The predicted octanol–water partition coefficient (Wildman–Crippen LogP) is 6.02. The van der Waals surface area contributed by atoms with Crippen molar-refractivity contribution in [3.63, 3.8) is 0 Å². The molecule has 4 heterocycles. The number of carbonyl (C=O) groups excluding carboxylic acids is 3. The topological polar surface area (TPSA) is 94.6 Å². The molecule has 0 N–H and O–H groups in total. The minimum Gasteiger partial charge on any atom is -0.493 e. The molecule has 9 heteroatoms. The van der Waals surface area contributed by atoms with Gasteiger partial charge in [-0.15, -0.1) is 0 Å². The fourth-order valence-electron chi connectivity index (χ4n) is 5.87. The Kier molecular flexibility index (Phi) is 6.96. The number of carbonyl (C=O) groups is 3. The minimum absolute atomic E-state index is 0.168. The molecule has 0 aliphatic carbocycles. The van der Waals surface area contributed by atoms with Crippen LogP contribution in [0.15, 0.2) is 48.6 Å². The van der Waals surface area contributed by atoms with Gasteiger partial charge < -0.3 is 18.9 Å². The molecule has 40 heavy (non-hydrogen) atoms. The molecular formula is C31H32N2O7. The van der Waals surface area contributed by atoms with Crippen molar-refractivity contribution in [2.45, 2.75) is 39.5 Å². The van der Waals surface area contributed by atoms with Crippen LogP contribution in [0.2, 0.25) is 0 Å². The number of benzene rings is 2. The Morgan fingerprint density at radius 1 is 0.725 bits per heavy atom. The molecule has 2 atom stereocenters. The fraction of sp³-hybridized carbons (Fsp3) is 0.387. The maximum absolute atomic E-state index is 13.2. The molecule has 2 amide bonds. The van der Waals surface area contributed by atoms with Crippen LogP contribution in [-0.2, 0) is 22.3 Å². The molecule has 4 aliphatic rings. The van der Waals surface area contributed by atoms with Crippen LogP contribution in [0.25, 0.3) is 11.4 Å². The maximum Gasteiger partial charge on any atom is 0.526 e. The number of amides is 2. The number of rotatable bonds is 2.